The average molecular weight is 351 g/mol. The Morgan fingerprint density at radius 2 is 1.67 bits per heavy atom. The zero-order chi connectivity index (χ0) is 17.3. The summed E-state index contributed by atoms with van der Waals surface area (Å²) >= 11 is 6.11. The second-order valence-electron chi connectivity index (χ2n) is 7.28. The maximum Gasteiger partial charge on any atom is 0.272 e. The first-order chi connectivity index (χ1) is 11.5. The van der Waals surface area contributed by atoms with Crippen LogP contribution in [-0.4, -0.2) is 57.9 Å². The number of carbonyl (C=O) groups is 1. The molecule has 0 aromatic carbocycles. The van der Waals surface area contributed by atoms with Gasteiger partial charge in [0.25, 0.3) is 5.91 Å². The summed E-state index contributed by atoms with van der Waals surface area (Å²) in [6, 6.07) is 0.623. The molecule has 0 spiro atoms. The zero-order valence-corrected chi connectivity index (χ0v) is 15.6. The molecule has 0 saturated carbocycles. The summed E-state index contributed by atoms with van der Waals surface area (Å²) in [6.07, 6.45) is 4.71. The summed E-state index contributed by atoms with van der Waals surface area (Å²) in [5, 5.41) is 0.378. The van der Waals surface area contributed by atoms with E-state index in [0.717, 1.165) is 31.8 Å². The van der Waals surface area contributed by atoms with Crippen LogP contribution in [0.2, 0.25) is 5.15 Å². The van der Waals surface area contributed by atoms with Crippen molar-refractivity contribution < 1.29 is 4.79 Å². The quantitative estimate of drug-likeness (QED) is 0.769. The van der Waals surface area contributed by atoms with E-state index in [1.54, 1.807) is 6.92 Å². The Morgan fingerprint density at radius 3 is 2.29 bits per heavy atom. The van der Waals surface area contributed by atoms with Gasteiger partial charge in [-0.2, -0.15) is 0 Å². The van der Waals surface area contributed by atoms with Crippen LogP contribution in [0.15, 0.2) is 0 Å². The second kappa shape index (κ2) is 7.36. The van der Waals surface area contributed by atoms with Gasteiger partial charge in [0.2, 0.25) is 0 Å². The lowest BCUT2D eigenvalue weighted by Gasteiger charge is -2.41. The first kappa shape index (κ1) is 17.6. The van der Waals surface area contributed by atoms with Crippen molar-refractivity contribution in [2.24, 2.45) is 5.92 Å². The molecule has 5 nitrogen and oxygen atoms in total. The molecule has 3 heterocycles. The number of rotatable bonds is 2. The van der Waals surface area contributed by atoms with E-state index in [1.807, 2.05) is 11.8 Å². The Hall–Kier alpha value is -1.20. The first-order valence-corrected chi connectivity index (χ1v) is 9.37. The van der Waals surface area contributed by atoms with Gasteiger partial charge in [0.05, 0.1) is 0 Å². The Morgan fingerprint density at radius 1 is 1.04 bits per heavy atom. The summed E-state index contributed by atoms with van der Waals surface area (Å²) in [6.45, 7) is 9.95. The molecule has 0 bridgehead atoms. The number of likely N-dealkylation sites (tertiary alicyclic amines) is 2. The van der Waals surface area contributed by atoms with Crippen LogP contribution in [0.4, 0.5) is 0 Å². The van der Waals surface area contributed by atoms with Crippen molar-refractivity contribution in [1.82, 2.24) is 19.8 Å². The van der Waals surface area contributed by atoms with Gasteiger partial charge in [0.1, 0.15) is 16.7 Å². The van der Waals surface area contributed by atoms with Gasteiger partial charge >= 0.3 is 0 Å². The molecule has 2 aliphatic rings. The van der Waals surface area contributed by atoms with Crippen molar-refractivity contribution in [2.45, 2.75) is 52.5 Å². The summed E-state index contributed by atoms with van der Waals surface area (Å²) in [7, 11) is 0. The number of hydrogen-bond acceptors (Lipinski definition) is 4. The van der Waals surface area contributed by atoms with Gasteiger partial charge in [-0.05, 0) is 58.5 Å². The largest absolute Gasteiger partial charge is 0.337 e. The number of aromatic nitrogens is 2. The molecule has 24 heavy (non-hydrogen) atoms. The number of carbonyl (C=O) groups excluding carboxylic acids is 1. The maximum absolute atomic E-state index is 12.8. The molecular formula is C18H27ClN4O. The van der Waals surface area contributed by atoms with Crippen molar-refractivity contribution in [1.29, 1.82) is 0 Å². The topological polar surface area (TPSA) is 49.3 Å². The van der Waals surface area contributed by atoms with Crippen molar-refractivity contribution >= 4 is 17.5 Å². The van der Waals surface area contributed by atoms with Gasteiger partial charge in [-0.1, -0.05) is 18.5 Å². The van der Waals surface area contributed by atoms with E-state index in [9.17, 15) is 4.79 Å². The number of nitrogens with zero attached hydrogens (tertiary/aromatic N) is 4. The highest BCUT2D eigenvalue weighted by Gasteiger charge is 2.30. The molecule has 2 saturated heterocycles. The third-order valence-corrected chi connectivity index (χ3v) is 5.86. The van der Waals surface area contributed by atoms with E-state index in [-0.39, 0.29) is 5.91 Å². The van der Waals surface area contributed by atoms with Gasteiger partial charge in [-0.25, -0.2) is 9.97 Å². The predicted molar refractivity (Wildman–Crippen MR) is 95.4 cm³/mol. The normalized spacial score (nSPS) is 21.2. The molecule has 3 rings (SSSR count). The van der Waals surface area contributed by atoms with Crippen LogP contribution in [0.5, 0.6) is 0 Å². The first-order valence-electron chi connectivity index (χ1n) is 8.99. The third-order valence-electron chi connectivity index (χ3n) is 5.49. The number of hydrogen-bond donors (Lipinski definition) is 0. The Balaban J connectivity index is 1.61. The van der Waals surface area contributed by atoms with Gasteiger partial charge < -0.3 is 9.80 Å². The fourth-order valence-electron chi connectivity index (χ4n) is 3.78. The van der Waals surface area contributed by atoms with Crippen LogP contribution in [0.25, 0.3) is 0 Å². The van der Waals surface area contributed by atoms with Crippen LogP contribution < -0.4 is 0 Å². The Bertz CT molecular complexity index is 605. The minimum atomic E-state index is -0.00869. The lowest BCUT2D eigenvalue weighted by atomic mass is 9.95. The van der Waals surface area contributed by atoms with Gasteiger partial charge in [0, 0.05) is 24.7 Å². The van der Waals surface area contributed by atoms with Crippen LogP contribution in [0.3, 0.4) is 0 Å². The van der Waals surface area contributed by atoms with Crippen molar-refractivity contribution in [3.63, 3.8) is 0 Å². The molecule has 132 valence electrons. The monoisotopic (exact) mass is 350 g/mol. The molecule has 6 heteroatoms. The van der Waals surface area contributed by atoms with E-state index < -0.39 is 0 Å². The summed E-state index contributed by atoms with van der Waals surface area (Å²) in [5.74, 6) is 1.40. The molecule has 0 unspecified atom stereocenters. The number of amides is 1. The number of halogens is 1. The zero-order valence-electron chi connectivity index (χ0n) is 14.9. The highest BCUT2D eigenvalue weighted by Crippen LogP contribution is 2.25. The molecule has 2 fully saturated rings. The fourth-order valence-corrected chi connectivity index (χ4v) is 3.99. The molecule has 0 N–H and O–H groups in total. The van der Waals surface area contributed by atoms with E-state index in [4.69, 9.17) is 11.6 Å². The van der Waals surface area contributed by atoms with E-state index in [2.05, 4.69) is 21.8 Å². The van der Waals surface area contributed by atoms with Crippen molar-refractivity contribution in [3.05, 3.63) is 22.2 Å². The molecule has 2 aliphatic heterocycles. The SMILES string of the molecule is Cc1nc(Cl)c(C)c(C(=O)N2CCC(N3CCC(C)CC3)CC2)n1. The van der Waals surface area contributed by atoms with Crippen molar-refractivity contribution in [2.75, 3.05) is 26.2 Å². The van der Waals surface area contributed by atoms with Crippen LogP contribution in [-0.2, 0) is 0 Å². The highest BCUT2D eigenvalue weighted by atomic mass is 35.5. The van der Waals surface area contributed by atoms with Crippen molar-refractivity contribution in [3.8, 4) is 0 Å². The van der Waals surface area contributed by atoms with Crippen LogP contribution in [0, 0.1) is 19.8 Å². The third kappa shape index (κ3) is 3.72. The van der Waals surface area contributed by atoms with Gasteiger partial charge in [0.15, 0.2) is 0 Å². The van der Waals surface area contributed by atoms with Crippen LogP contribution in [0.1, 0.15) is 54.5 Å². The van der Waals surface area contributed by atoms with E-state index >= 15 is 0 Å². The van der Waals surface area contributed by atoms with Gasteiger partial charge in [-0.15, -0.1) is 0 Å². The fraction of sp³-hybridized carbons (Fsp3) is 0.722. The van der Waals surface area contributed by atoms with E-state index in [1.165, 1.54) is 25.9 Å². The minimum absolute atomic E-state index is 0.00869. The molecule has 1 aromatic rings. The Kier molecular flexibility index (Phi) is 5.40. The summed E-state index contributed by atoms with van der Waals surface area (Å²) < 4.78 is 0. The molecule has 0 atom stereocenters. The standard InChI is InChI=1S/C18H27ClN4O/c1-12-4-8-22(9-5-12)15-6-10-23(11-7-15)18(24)16-13(2)17(19)21-14(3)20-16/h12,15H,4-11H2,1-3H3. The number of piperidine rings is 2. The summed E-state index contributed by atoms with van der Waals surface area (Å²) in [5.41, 5.74) is 1.14. The second-order valence-corrected chi connectivity index (χ2v) is 7.64. The lowest BCUT2D eigenvalue weighted by Crippen LogP contribution is -2.49. The molecule has 1 aromatic heterocycles. The summed E-state index contributed by atoms with van der Waals surface area (Å²) in [4.78, 5) is 25.8. The van der Waals surface area contributed by atoms with Gasteiger partial charge in [-0.3, -0.25) is 4.79 Å². The Labute approximate surface area is 149 Å². The average Bonchev–Trinajstić information content (AvgIpc) is 2.58. The molecular weight excluding hydrogens is 324 g/mol. The highest BCUT2D eigenvalue weighted by molar-refractivity contribution is 6.30. The predicted octanol–water partition coefficient (Wildman–Crippen LogP) is 3.08. The molecule has 1 amide bonds. The van der Waals surface area contributed by atoms with Crippen LogP contribution >= 0.6 is 11.6 Å². The maximum atomic E-state index is 12.8. The minimum Gasteiger partial charge on any atom is -0.337 e. The number of aryl methyl sites for hydroxylation is 1. The molecule has 0 radical (unpaired) electrons. The molecule has 0 aliphatic carbocycles. The smallest absolute Gasteiger partial charge is 0.272 e. The lowest BCUT2D eigenvalue weighted by molar-refractivity contribution is 0.0554. The van der Waals surface area contributed by atoms with E-state index in [0.29, 0.717) is 28.3 Å².